The number of ether oxygens (including phenoxy) is 2. The Bertz CT molecular complexity index is 1230. The van der Waals surface area contributed by atoms with Crippen LogP contribution < -0.4 is 9.47 Å². The fourth-order valence-electron chi connectivity index (χ4n) is 5.42. The summed E-state index contributed by atoms with van der Waals surface area (Å²) < 4.78 is 10.7. The molecule has 0 unspecified atom stereocenters. The van der Waals surface area contributed by atoms with E-state index in [1.54, 1.807) is 44.8 Å². The second-order valence-corrected chi connectivity index (χ2v) is 9.64. The highest BCUT2D eigenvalue weighted by atomic mass is 16.5. The molecular formula is C29H31N3O4. The standard InChI is InChI=1S/C29H31N3O4/c1-35-25-15-24(16-26(17-25)36-2)27(33)31-13-9-29(10-14-31)18-22-5-3-4-6-23(22)20-32(28(29)34)19-21-7-11-30-12-8-21/h3-8,11-12,15-17H,9-10,13-14,18-20H2,1-2H3. The molecule has 0 saturated carbocycles. The zero-order valence-electron chi connectivity index (χ0n) is 20.8. The van der Waals surface area contributed by atoms with Crippen LogP contribution in [0.5, 0.6) is 11.5 Å². The van der Waals surface area contributed by atoms with Crippen molar-refractivity contribution in [1.82, 2.24) is 14.8 Å². The number of likely N-dealkylation sites (tertiary alicyclic amines) is 1. The van der Waals surface area contributed by atoms with Gasteiger partial charge in [0, 0.05) is 50.2 Å². The Morgan fingerprint density at radius 1 is 0.944 bits per heavy atom. The summed E-state index contributed by atoms with van der Waals surface area (Å²) in [5.74, 6) is 1.25. The van der Waals surface area contributed by atoms with Gasteiger partial charge in [-0.1, -0.05) is 24.3 Å². The van der Waals surface area contributed by atoms with E-state index in [4.69, 9.17) is 9.47 Å². The maximum Gasteiger partial charge on any atom is 0.254 e. The number of rotatable bonds is 5. The summed E-state index contributed by atoms with van der Waals surface area (Å²) >= 11 is 0. The molecule has 0 N–H and O–H groups in total. The Kier molecular flexibility index (Phi) is 6.63. The van der Waals surface area contributed by atoms with Gasteiger partial charge in [-0.15, -0.1) is 0 Å². The van der Waals surface area contributed by atoms with Crippen LogP contribution in [-0.4, -0.2) is 53.9 Å². The van der Waals surface area contributed by atoms with E-state index in [9.17, 15) is 9.59 Å². The molecule has 36 heavy (non-hydrogen) atoms. The molecule has 1 fully saturated rings. The van der Waals surface area contributed by atoms with E-state index < -0.39 is 5.41 Å². The fourth-order valence-corrected chi connectivity index (χ4v) is 5.42. The Balaban J connectivity index is 1.39. The lowest BCUT2D eigenvalue weighted by molar-refractivity contribution is -0.145. The normalized spacial score (nSPS) is 16.9. The Hall–Kier alpha value is -3.87. The lowest BCUT2D eigenvalue weighted by Crippen LogP contribution is -2.51. The number of hydrogen-bond donors (Lipinski definition) is 0. The van der Waals surface area contributed by atoms with Crippen molar-refractivity contribution in [2.24, 2.45) is 5.41 Å². The van der Waals surface area contributed by atoms with Gasteiger partial charge in [0.2, 0.25) is 5.91 Å². The minimum absolute atomic E-state index is 0.0721. The molecule has 3 heterocycles. The topological polar surface area (TPSA) is 72.0 Å². The molecule has 0 bridgehead atoms. The van der Waals surface area contributed by atoms with Crippen LogP contribution in [0.25, 0.3) is 0 Å². The van der Waals surface area contributed by atoms with Crippen LogP contribution >= 0.6 is 0 Å². The number of methoxy groups -OCH3 is 2. The number of aromatic nitrogens is 1. The lowest BCUT2D eigenvalue weighted by atomic mass is 9.72. The van der Waals surface area contributed by atoms with Crippen molar-refractivity contribution in [2.45, 2.75) is 32.4 Å². The summed E-state index contributed by atoms with van der Waals surface area (Å²) in [4.78, 5) is 35.4. The van der Waals surface area contributed by atoms with Crippen LogP contribution in [0, 0.1) is 5.41 Å². The third kappa shape index (κ3) is 4.65. The number of carbonyl (C=O) groups excluding carboxylic acids is 2. The molecule has 1 aromatic heterocycles. The molecule has 2 aromatic carbocycles. The first-order chi connectivity index (χ1) is 17.5. The fraction of sp³-hybridized carbons (Fsp3) is 0.345. The molecule has 1 saturated heterocycles. The molecule has 3 aromatic rings. The van der Waals surface area contributed by atoms with E-state index in [0.29, 0.717) is 62.5 Å². The number of pyridine rings is 1. The third-order valence-electron chi connectivity index (χ3n) is 7.48. The number of piperidine rings is 1. The number of hydrogen-bond acceptors (Lipinski definition) is 5. The molecule has 2 aliphatic rings. The molecule has 0 atom stereocenters. The highest BCUT2D eigenvalue weighted by Gasteiger charge is 2.46. The third-order valence-corrected chi connectivity index (χ3v) is 7.48. The zero-order valence-corrected chi connectivity index (χ0v) is 20.8. The maximum absolute atomic E-state index is 14.1. The summed E-state index contributed by atoms with van der Waals surface area (Å²) in [7, 11) is 3.14. The van der Waals surface area contributed by atoms with Crippen LogP contribution in [0.3, 0.4) is 0 Å². The van der Waals surface area contributed by atoms with Crippen LogP contribution in [0.15, 0.2) is 67.0 Å². The summed E-state index contributed by atoms with van der Waals surface area (Å²) in [6.07, 6.45) is 5.47. The van der Waals surface area contributed by atoms with Crippen molar-refractivity contribution in [3.63, 3.8) is 0 Å². The van der Waals surface area contributed by atoms with E-state index in [1.807, 2.05) is 34.1 Å². The SMILES string of the molecule is COc1cc(OC)cc(C(=O)N2CCC3(CC2)Cc2ccccc2CN(Cc2ccncc2)C3=O)c1. The minimum Gasteiger partial charge on any atom is -0.497 e. The Morgan fingerprint density at radius 3 is 2.22 bits per heavy atom. The highest BCUT2D eigenvalue weighted by Crippen LogP contribution is 2.41. The van der Waals surface area contributed by atoms with Gasteiger partial charge >= 0.3 is 0 Å². The van der Waals surface area contributed by atoms with Gasteiger partial charge in [-0.05, 0) is 60.2 Å². The molecule has 0 aliphatic carbocycles. The zero-order chi connectivity index (χ0) is 25.1. The molecule has 0 radical (unpaired) electrons. The molecule has 2 amide bonds. The average molecular weight is 486 g/mol. The van der Waals surface area contributed by atoms with Gasteiger partial charge in [0.15, 0.2) is 0 Å². The predicted octanol–water partition coefficient (Wildman–Crippen LogP) is 4.11. The summed E-state index contributed by atoms with van der Waals surface area (Å²) in [6, 6.07) is 17.5. The number of benzene rings is 2. The van der Waals surface area contributed by atoms with Gasteiger partial charge in [-0.3, -0.25) is 14.6 Å². The van der Waals surface area contributed by atoms with Gasteiger partial charge in [0.25, 0.3) is 5.91 Å². The highest BCUT2D eigenvalue weighted by molar-refractivity contribution is 5.95. The van der Waals surface area contributed by atoms with Crippen molar-refractivity contribution in [2.75, 3.05) is 27.3 Å². The van der Waals surface area contributed by atoms with Gasteiger partial charge in [0.05, 0.1) is 19.6 Å². The molecule has 186 valence electrons. The first-order valence-electron chi connectivity index (χ1n) is 12.3. The Morgan fingerprint density at radius 2 is 1.58 bits per heavy atom. The smallest absolute Gasteiger partial charge is 0.254 e. The molecular weight excluding hydrogens is 454 g/mol. The second kappa shape index (κ2) is 10.0. The van der Waals surface area contributed by atoms with Crippen molar-refractivity contribution >= 4 is 11.8 Å². The number of fused-ring (bicyclic) bond motifs is 1. The van der Waals surface area contributed by atoms with Crippen LogP contribution in [-0.2, 0) is 24.3 Å². The van der Waals surface area contributed by atoms with Crippen LogP contribution in [0.2, 0.25) is 0 Å². The molecule has 1 spiro atoms. The van der Waals surface area contributed by atoms with E-state index in [2.05, 4.69) is 17.1 Å². The van der Waals surface area contributed by atoms with Gasteiger partial charge in [-0.2, -0.15) is 0 Å². The molecule has 5 rings (SSSR count). The molecule has 2 aliphatic heterocycles. The molecule has 7 nitrogen and oxygen atoms in total. The predicted molar refractivity (Wildman–Crippen MR) is 136 cm³/mol. The van der Waals surface area contributed by atoms with Crippen molar-refractivity contribution in [3.8, 4) is 11.5 Å². The van der Waals surface area contributed by atoms with Gasteiger partial charge in [-0.25, -0.2) is 0 Å². The van der Waals surface area contributed by atoms with E-state index >= 15 is 0 Å². The number of nitrogens with zero attached hydrogens (tertiary/aromatic N) is 3. The minimum atomic E-state index is -0.525. The van der Waals surface area contributed by atoms with Gasteiger partial charge in [0.1, 0.15) is 11.5 Å². The summed E-state index contributed by atoms with van der Waals surface area (Å²) in [5.41, 5.74) is 3.48. The van der Waals surface area contributed by atoms with Crippen molar-refractivity contribution in [3.05, 3.63) is 89.2 Å². The first-order valence-corrected chi connectivity index (χ1v) is 12.3. The summed E-state index contributed by atoms with van der Waals surface area (Å²) in [5, 5.41) is 0. The molecule has 7 heteroatoms. The lowest BCUT2D eigenvalue weighted by Gasteiger charge is -2.42. The van der Waals surface area contributed by atoms with Crippen molar-refractivity contribution < 1.29 is 19.1 Å². The van der Waals surface area contributed by atoms with E-state index in [0.717, 1.165) is 5.56 Å². The van der Waals surface area contributed by atoms with Crippen molar-refractivity contribution in [1.29, 1.82) is 0 Å². The second-order valence-electron chi connectivity index (χ2n) is 9.64. The number of carbonyl (C=O) groups is 2. The quantitative estimate of drug-likeness (QED) is 0.544. The largest absolute Gasteiger partial charge is 0.497 e. The average Bonchev–Trinajstić information content (AvgIpc) is 3.03. The van der Waals surface area contributed by atoms with Gasteiger partial charge < -0.3 is 19.3 Å². The monoisotopic (exact) mass is 485 g/mol. The Labute approximate surface area is 211 Å². The van der Waals surface area contributed by atoms with Crippen LogP contribution in [0.4, 0.5) is 0 Å². The maximum atomic E-state index is 14.1. The first kappa shape index (κ1) is 23.9. The van der Waals surface area contributed by atoms with Crippen LogP contribution in [0.1, 0.15) is 39.9 Å². The number of amides is 2. The summed E-state index contributed by atoms with van der Waals surface area (Å²) in [6.45, 7) is 2.18. The van der Waals surface area contributed by atoms with E-state index in [1.165, 1.54) is 11.1 Å². The van der Waals surface area contributed by atoms with E-state index in [-0.39, 0.29) is 11.8 Å².